The monoisotopic (exact) mass is 265 g/mol. The highest BCUT2D eigenvalue weighted by molar-refractivity contribution is 6.28. The van der Waals surface area contributed by atoms with Crippen LogP contribution in [0.25, 0.3) is 11.2 Å². The number of nitrogens with zero attached hydrogens (tertiary/aromatic N) is 4. The number of fused-ring (bicyclic) bond motifs is 1. The van der Waals surface area contributed by atoms with Crippen LogP contribution in [0, 0.1) is 0 Å². The summed E-state index contributed by atoms with van der Waals surface area (Å²) in [5, 5.41) is 3.49. The second-order valence-electron chi connectivity index (χ2n) is 4.63. The molecule has 96 valence electrons. The molecule has 1 fully saturated rings. The van der Waals surface area contributed by atoms with E-state index in [9.17, 15) is 0 Å². The largest absolute Gasteiger partial charge is 0.368 e. The third-order valence-electron chi connectivity index (χ3n) is 3.46. The van der Waals surface area contributed by atoms with E-state index in [4.69, 9.17) is 11.6 Å². The van der Waals surface area contributed by atoms with Crippen LogP contribution in [0.4, 0.5) is 5.82 Å². The molecule has 1 aliphatic rings. The van der Waals surface area contributed by atoms with Crippen molar-refractivity contribution < 1.29 is 0 Å². The molecule has 0 aromatic carbocycles. The van der Waals surface area contributed by atoms with Crippen LogP contribution in [-0.4, -0.2) is 26.1 Å². The number of rotatable bonds is 3. The van der Waals surface area contributed by atoms with Gasteiger partial charge in [0.15, 0.2) is 11.5 Å². The average molecular weight is 266 g/mol. The smallest absolute Gasteiger partial charge is 0.226 e. The standard InChI is InChI=1S/C12H16ClN5/c1-2-14-10-9-11(17-12(13)16-10)15-7-18(9)8-5-3-4-6-8/h7-8H,2-6H2,1H3,(H,14,16,17). The molecule has 0 saturated heterocycles. The van der Waals surface area contributed by atoms with Crippen molar-refractivity contribution in [3.05, 3.63) is 11.6 Å². The first kappa shape index (κ1) is 11.7. The van der Waals surface area contributed by atoms with Gasteiger partial charge in [0.1, 0.15) is 5.52 Å². The second kappa shape index (κ2) is 4.72. The normalized spacial score (nSPS) is 16.6. The first-order chi connectivity index (χ1) is 8.79. The molecule has 2 heterocycles. The summed E-state index contributed by atoms with van der Waals surface area (Å²) in [5.74, 6) is 0.789. The fourth-order valence-electron chi connectivity index (χ4n) is 2.67. The zero-order valence-electron chi connectivity index (χ0n) is 10.4. The zero-order chi connectivity index (χ0) is 12.5. The topological polar surface area (TPSA) is 55.6 Å². The summed E-state index contributed by atoms with van der Waals surface area (Å²) >= 11 is 5.92. The molecule has 3 rings (SSSR count). The second-order valence-corrected chi connectivity index (χ2v) is 4.97. The molecule has 0 atom stereocenters. The van der Waals surface area contributed by atoms with Crippen LogP contribution in [0.2, 0.25) is 5.28 Å². The predicted molar refractivity (Wildman–Crippen MR) is 72.0 cm³/mol. The molecule has 0 amide bonds. The Morgan fingerprint density at radius 3 is 2.89 bits per heavy atom. The number of imidazole rings is 1. The molecule has 0 unspecified atom stereocenters. The van der Waals surface area contributed by atoms with Gasteiger partial charge in [-0.3, -0.25) is 0 Å². The van der Waals surface area contributed by atoms with E-state index in [2.05, 4.69) is 24.8 Å². The predicted octanol–water partition coefficient (Wildman–Crippen LogP) is 3.03. The van der Waals surface area contributed by atoms with Crippen molar-refractivity contribution >= 4 is 28.6 Å². The van der Waals surface area contributed by atoms with E-state index in [0.717, 1.165) is 17.9 Å². The Morgan fingerprint density at radius 1 is 1.39 bits per heavy atom. The van der Waals surface area contributed by atoms with Gasteiger partial charge in [-0.05, 0) is 31.4 Å². The van der Waals surface area contributed by atoms with E-state index in [0.29, 0.717) is 11.7 Å². The Balaban J connectivity index is 2.14. The lowest BCUT2D eigenvalue weighted by atomic mass is 10.2. The van der Waals surface area contributed by atoms with Crippen LogP contribution in [0.5, 0.6) is 0 Å². The molecule has 0 bridgehead atoms. The van der Waals surface area contributed by atoms with Crippen LogP contribution in [0.3, 0.4) is 0 Å². The van der Waals surface area contributed by atoms with Gasteiger partial charge in [0.2, 0.25) is 5.28 Å². The van der Waals surface area contributed by atoms with Crippen LogP contribution in [-0.2, 0) is 0 Å². The molecule has 2 aromatic heterocycles. The maximum Gasteiger partial charge on any atom is 0.226 e. The summed E-state index contributed by atoms with van der Waals surface area (Å²) in [6.45, 7) is 2.84. The molecule has 2 aromatic rings. The third kappa shape index (κ3) is 1.92. The Bertz CT molecular complexity index is 559. The Morgan fingerprint density at radius 2 is 2.17 bits per heavy atom. The summed E-state index contributed by atoms with van der Waals surface area (Å²) in [4.78, 5) is 12.8. The minimum atomic E-state index is 0.245. The van der Waals surface area contributed by atoms with E-state index in [1.165, 1.54) is 25.7 Å². The molecule has 1 aliphatic carbocycles. The average Bonchev–Trinajstić information content (AvgIpc) is 2.95. The lowest BCUT2D eigenvalue weighted by Crippen LogP contribution is -2.08. The van der Waals surface area contributed by atoms with Gasteiger partial charge in [-0.25, -0.2) is 4.98 Å². The van der Waals surface area contributed by atoms with E-state index >= 15 is 0 Å². The van der Waals surface area contributed by atoms with Gasteiger partial charge >= 0.3 is 0 Å². The highest BCUT2D eigenvalue weighted by atomic mass is 35.5. The van der Waals surface area contributed by atoms with Crippen molar-refractivity contribution in [2.24, 2.45) is 0 Å². The number of halogens is 1. The fraction of sp³-hybridized carbons (Fsp3) is 0.583. The van der Waals surface area contributed by atoms with Crippen molar-refractivity contribution in [3.8, 4) is 0 Å². The van der Waals surface area contributed by atoms with E-state index in [1.807, 2.05) is 13.3 Å². The van der Waals surface area contributed by atoms with Crippen LogP contribution in [0.1, 0.15) is 38.6 Å². The molecule has 18 heavy (non-hydrogen) atoms. The molecule has 0 spiro atoms. The van der Waals surface area contributed by atoms with Crippen molar-refractivity contribution in [1.82, 2.24) is 19.5 Å². The lowest BCUT2D eigenvalue weighted by Gasteiger charge is -2.14. The van der Waals surface area contributed by atoms with Gasteiger partial charge in [-0.15, -0.1) is 0 Å². The number of aromatic nitrogens is 4. The van der Waals surface area contributed by atoms with Gasteiger partial charge in [0.25, 0.3) is 0 Å². The summed E-state index contributed by atoms with van der Waals surface area (Å²) in [7, 11) is 0. The van der Waals surface area contributed by atoms with Crippen LogP contribution < -0.4 is 5.32 Å². The first-order valence-electron chi connectivity index (χ1n) is 6.43. The summed E-state index contributed by atoms with van der Waals surface area (Å²) < 4.78 is 2.21. The van der Waals surface area contributed by atoms with Gasteiger partial charge in [0, 0.05) is 12.6 Å². The Hall–Kier alpha value is -1.36. The van der Waals surface area contributed by atoms with Gasteiger partial charge in [-0.2, -0.15) is 9.97 Å². The highest BCUT2D eigenvalue weighted by Crippen LogP contribution is 2.33. The highest BCUT2D eigenvalue weighted by Gasteiger charge is 2.21. The number of nitrogens with one attached hydrogen (secondary N) is 1. The minimum Gasteiger partial charge on any atom is -0.368 e. The lowest BCUT2D eigenvalue weighted by molar-refractivity contribution is 0.532. The molecule has 1 N–H and O–H groups in total. The minimum absolute atomic E-state index is 0.245. The third-order valence-corrected chi connectivity index (χ3v) is 3.63. The van der Waals surface area contributed by atoms with Crippen molar-refractivity contribution in [2.45, 2.75) is 38.6 Å². The molecule has 5 nitrogen and oxygen atoms in total. The Kier molecular flexibility index (Phi) is 3.07. The van der Waals surface area contributed by atoms with Crippen molar-refractivity contribution in [1.29, 1.82) is 0 Å². The maximum absolute atomic E-state index is 5.92. The van der Waals surface area contributed by atoms with E-state index < -0.39 is 0 Å². The summed E-state index contributed by atoms with van der Waals surface area (Å²) in [5.41, 5.74) is 1.66. The fourth-order valence-corrected chi connectivity index (χ4v) is 2.83. The number of hydrogen-bond donors (Lipinski definition) is 1. The summed E-state index contributed by atoms with van der Waals surface area (Å²) in [6, 6.07) is 0.525. The van der Waals surface area contributed by atoms with Crippen LogP contribution in [0.15, 0.2) is 6.33 Å². The molecule has 1 saturated carbocycles. The molecular weight excluding hydrogens is 250 g/mol. The summed E-state index contributed by atoms with van der Waals surface area (Å²) in [6.07, 6.45) is 6.86. The molecule has 6 heteroatoms. The maximum atomic E-state index is 5.92. The molecular formula is C12H16ClN5. The van der Waals surface area contributed by atoms with Gasteiger partial charge < -0.3 is 9.88 Å². The molecule has 0 aliphatic heterocycles. The van der Waals surface area contributed by atoms with E-state index in [1.54, 1.807) is 0 Å². The number of hydrogen-bond acceptors (Lipinski definition) is 4. The van der Waals surface area contributed by atoms with E-state index in [-0.39, 0.29) is 5.28 Å². The van der Waals surface area contributed by atoms with Crippen molar-refractivity contribution in [2.75, 3.05) is 11.9 Å². The first-order valence-corrected chi connectivity index (χ1v) is 6.81. The quantitative estimate of drug-likeness (QED) is 0.867. The molecule has 0 radical (unpaired) electrons. The van der Waals surface area contributed by atoms with Gasteiger partial charge in [-0.1, -0.05) is 12.8 Å². The zero-order valence-corrected chi connectivity index (χ0v) is 11.1. The van der Waals surface area contributed by atoms with Crippen molar-refractivity contribution in [3.63, 3.8) is 0 Å². The van der Waals surface area contributed by atoms with Gasteiger partial charge in [0.05, 0.1) is 6.33 Å². The Labute approximate surface area is 111 Å². The number of anilines is 1. The van der Waals surface area contributed by atoms with Crippen LogP contribution >= 0.6 is 11.6 Å². The SMILES string of the molecule is CCNc1nc(Cl)nc2ncn(C3CCCC3)c12.